The Balaban J connectivity index is 2.04. The average Bonchev–Trinajstić information content (AvgIpc) is 2.19. The third kappa shape index (κ3) is 4.84. The van der Waals surface area contributed by atoms with Crippen molar-refractivity contribution in [3.05, 3.63) is 10.6 Å². The topological polar surface area (TPSA) is 30.5 Å². The molecule has 0 bridgehead atoms. The van der Waals surface area contributed by atoms with Crippen LogP contribution in [0, 0.1) is 0 Å². The summed E-state index contributed by atoms with van der Waals surface area (Å²) in [6, 6.07) is 0. The van der Waals surface area contributed by atoms with E-state index < -0.39 is 0 Å². The van der Waals surface area contributed by atoms with Gasteiger partial charge in [-0.25, -0.2) is 0 Å². The summed E-state index contributed by atoms with van der Waals surface area (Å²) in [5.74, 6) is 0. The summed E-state index contributed by atoms with van der Waals surface area (Å²) >= 11 is 11.0. The predicted octanol–water partition coefficient (Wildman–Crippen LogP) is 1.31. The molecular weight excluding hydrogens is 213 g/mol. The van der Waals surface area contributed by atoms with Crippen molar-refractivity contribution >= 4 is 23.2 Å². The van der Waals surface area contributed by atoms with Gasteiger partial charge in [0.15, 0.2) is 0 Å². The third-order valence-electron chi connectivity index (χ3n) is 1.67. The molecule has 1 unspecified atom stereocenters. The lowest BCUT2D eigenvalue weighted by atomic mass is 10.3. The third-order valence-corrected chi connectivity index (χ3v) is 2.26. The zero-order chi connectivity index (χ0) is 9.52. The first-order valence-corrected chi connectivity index (χ1v) is 4.99. The van der Waals surface area contributed by atoms with Gasteiger partial charge in [0.2, 0.25) is 0 Å². The number of ether oxygens (including phenoxy) is 2. The van der Waals surface area contributed by atoms with E-state index >= 15 is 0 Å². The summed E-state index contributed by atoms with van der Waals surface area (Å²) in [6.07, 6.45) is 0.133. The molecule has 13 heavy (non-hydrogen) atoms. The Hall–Kier alpha value is 0.200. The first kappa shape index (κ1) is 11.3. The summed E-state index contributed by atoms with van der Waals surface area (Å²) in [5.41, 5.74) is 1.31. The molecule has 0 aromatic carbocycles. The highest BCUT2D eigenvalue weighted by molar-refractivity contribution is 6.36. The van der Waals surface area contributed by atoms with Crippen molar-refractivity contribution in [3.63, 3.8) is 0 Å². The fourth-order valence-electron chi connectivity index (χ4n) is 1.05. The van der Waals surface area contributed by atoms with Gasteiger partial charge < -0.3 is 14.8 Å². The van der Waals surface area contributed by atoms with Crippen LogP contribution in [-0.4, -0.2) is 39.0 Å². The molecular formula is C8H13Cl2NO2. The highest BCUT2D eigenvalue weighted by Gasteiger charge is 2.12. The van der Waals surface area contributed by atoms with Gasteiger partial charge in [-0.1, -0.05) is 23.2 Å². The maximum atomic E-state index is 5.63. The molecule has 1 N–H and O–H groups in total. The number of hydrogen-bond donors (Lipinski definition) is 1. The van der Waals surface area contributed by atoms with Gasteiger partial charge in [0, 0.05) is 18.6 Å². The van der Waals surface area contributed by atoms with E-state index in [9.17, 15) is 0 Å². The quantitative estimate of drug-likeness (QED) is 0.783. The first-order chi connectivity index (χ1) is 6.33. The zero-order valence-electron chi connectivity index (χ0n) is 7.26. The second kappa shape index (κ2) is 6.62. The van der Waals surface area contributed by atoms with Crippen molar-refractivity contribution < 1.29 is 9.47 Å². The fraction of sp³-hybridized carbons (Fsp3) is 0.750. The van der Waals surface area contributed by atoms with Gasteiger partial charge in [-0.15, -0.1) is 0 Å². The molecule has 1 saturated heterocycles. The molecule has 0 radical (unpaired) electrons. The molecule has 1 rings (SSSR count). The van der Waals surface area contributed by atoms with Crippen molar-refractivity contribution in [2.24, 2.45) is 0 Å². The van der Waals surface area contributed by atoms with Crippen LogP contribution in [0.25, 0.3) is 0 Å². The molecule has 0 aromatic heterocycles. The van der Waals surface area contributed by atoms with Crippen molar-refractivity contribution in [1.82, 2.24) is 5.32 Å². The summed E-state index contributed by atoms with van der Waals surface area (Å²) in [6.45, 7) is 3.40. The number of hydrogen-bond acceptors (Lipinski definition) is 3. The van der Waals surface area contributed by atoms with Crippen LogP contribution >= 0.6 is 23.2 Å². The van der Waals surface area contributed by atoms with E-state index in [4.69, 9.17) is 32.7 Å². The number of halogens is 2. The van der Waals surface area contributed by atoms with Crippen LogP contribution in [0.2, 0.25) is 0 Å². The minimum absolute atomic E-state index is 0.133. The van der Waals surface area contributed by atoms with Gasteiger partial charge in [0.25, 0.3) is 0 Å². The Morgan fingerprint density at radius 1 is 1.69 bits per heavy atom. The molecule has 1 fully saturated rings. The lowest BCUT2D eigenvalue weighted by Crippen LogP contribution is -2.41. The van der Waals surface area contributed by atoms with E-state index in [1.165, 1.54) is 5.54 Å². The highest BCUT2D eigenvalue weighted by atomic mass is 35.5. The number of nitrogens with one attached hydrogen (secondary N) is 1. The lowest BCUT2D eigenvalue weighted by molar-refractivity contribution is -0.0261. The highest BCUT2D eigenvalue weighted by Crippen LogP contribution is 2.04. The van der Waals surface area contributed by atoms with Crippen molar-refractivity contribution in [2.45, 2.75) is 6.10 Å². The summed E-state index contributed by atoms with van der Waals surface area (Å²) in [7, 11) is 0. The minimum Gasteiger partial charge on any atom is -0.373 e. The van der Waals surface area contributed by atoms with E-state index in [1.54, 1.807) is 0 Å². The largest absolute Gasteiger partial charge is 0.373 e. The number of rotatable bonds is 4. The van der Waals surface area contributed by atoms with Crippen LogP contribution in [-0.2, 0) is 9.47 Å². The second-order valence-corrected chi connectivity index (χ2v) is 3.47. The van der Waals surface area contributed by atoms with Crippen molar-refractivity contribution in [3.8, 4) is 0 Å². The van der Waals surface area contributed by atoms with Crippen LogP contribution in [0.15, 0.2) is 10.6 Å². The predicted molar refractivity (Wildman–Crippen MR) is 53.2 cm³/mol. The summed E-state index contributed by atoms with van der Waals surface area (Å²) in [5, 5.41) is 3.71. The smallest absolute Gasteiger partial charge is 0.0933 e. The number of morpholine rings is 1. The molecule has 0 saturated carbocycles. The molecule has 76 valence electrons. The van der Waals surface area contributed by atoms with E-state index in [0.717, 1.165) is 19.7 Å². The van der Waals surface area contributed by atoms with Gasteiger partial charge in [0.05, 0.1) is 31.0 Å². The molecule has 1 atom stereocenters. The van der Waals surface area contributed by atoms with Gasteiger partial charge in [0.1, 0.15) is 0 Å². The normalized spacial score (nSPS) is 24.8. The SMILES string of the molecule is Cl/C=C(/Cl)COCC1CNCCO1. The maximum Gasteiger partial charge on any atom is 0.0933 e. The molecule has 0 spiro atoms. The molecule has 0 aliphatic carbocycles. The maximum absolute atomic E-state index is 5.63. The lowest BCUT2D eigenvalue weighted by Gasteiger charge is -2.23. The summed E-state index contributed by atoms with van der Waals surface area (Å²) < 4.78 is 10.7. The molecule has 1 heterocycles. The standard InChI is InChI=1S/C8H13Cl2NO2/c9-3-7(10)5-12-6-8-4-11-1-2-13-8/h3,8,11H,1-2,4-6H2/b7-3+. The molecule has 1 aliphatic rings. The van der Waals surface area contributed by atoms with E-state index in [0.29, 0.717) is 18.2 Å². The van der Waals surface area contributed by atoms with E-state index in [2.05, 4.69) is 5.32 Å². The van der Waals surface area contributed by atoms with E-state index in [1.807, 2.05) is 0 Å². The Bertz CT molecular complexity index is 170. The van der Waals surface area contributed by atoms with Gasteiger partial charge >= 0.3 is 0 Å². The van der Waals surface area contributed by atoms with Gasteiger partial charge in [-0.05, 0) is 0 Å². The van der Waals surface area contributed by atoms with Gasteiger partial charge in [-0.2, -0.15) is 0 Å². The zero-order valence-corrected chi connectivity index (χ0v) is 8.77. The van der Waals surface area contributed by atoms with Gasteiger partial charge in [-0.3, -0.25) is 0 Å². The Labute approximate surface area is 88.0 Å². The summed E-state index contributed by atoms with van der Waals surface area (Å²) in [4.78, 5) is 0. The molecule has 3 nitrogen and oxygen atoms in total. The average molecular weight is 226 g/mol. The Morgan fingerprint density at radius 2 is 2.54 bits per heavy atom. The van der Waals surface area contributed by atoms with Crippen molar-refractivity contribution in [1.29, 1.82) is 0 Å². The molecule has 0 amide bonds. The van der Waals surface area contributed by atoms with Crippen molar-refractivity contribution in [2.75, 3.05) is 32.9 Å². The molecule has 1 aliphatic heterocycles. The van der Waals surface area contributed by atoms with Crippen LogP contribution in [0.4, 0.5) is 0 Å². The van der Waals surface area contributed by atoms with Crippen LogP contribution < -0.4 is 5.32 Å². The Kier molecular flexibility index (Phi) is 5.75. The van der Waals surface area contributed by atoms with Crippen LogP contribution in [0.1, 0.15) is 0 Å². The minimum atomic E-state index is 0.133. The monoisotopic (exact) mass is 225 g/mol. The van der Waals surface area contributed by atoms with E-state index in [-0.39, 0.29) is 6.10 Å². The molecule has 5 heteroatoms. The fourth-order valence-corrected chi connectivity index (χ4v) is 1.19. The van der Waals surface area contributed by atoms with Crippen LogP contribution in [0.3, 0.4) is 0 Å². The molecule has 0 aromatic rings. The van der Waals surface area contributed by atoms with Crippen LogP contribution in [0.5, 0.6) is 0 Å². The first-order valence-electron chi connectivity index (χ1n) is 4.17. The second-order valence-electron chi connectivity index (χ2n) is 2.77. The Morgan fingerprint density at radius 3 is 3.15 bits per heavy atom.